The molecule has 0 aromatic rings. The van der Waals surface area contributed by atoms with E-state index in [1.54, 1.807) is 0 Å². The van der Waals surface area contributed by atoms with Crippen molar-refractivity contribution in [3.63, 3.8) is 0 Å². The van der Waals surface area contributed by atoms with Gasteiger partial charge in [-0.3, -0.25) is 18.6 Å². The lowest BCUT2D eigenvalue weighted by Crippen LogP contribution is -2.29. The van der Waals surface area contributed by atoms with Crippen LogP contribution in [-0.4, -0.2) is 49.3 Å². The number of rotatable bonds is 29. The fraction of sp³-hybridized carbons (Fsp3) is 0.697. The van der Waals surface area contributed by atoms with Crippen LogP contribution in [0.3, 0.4) is 0 Å². The van der Waals surface area contributed by atoms with Crippen molar-refractivity contribution in [2.24, 2.45) is 5.73 Å². The quantitative estimate of drug-likeness (QED) is 0.0278. The maximum Gasteiger partial charge on any atom is 0.472 e. The Balaban J connectivity index is 4.40. The smallest absolute Gasteiger partial charge is 0.462 e. The van der Waals surface area contributed by atoms with Crippen LogP contribution in [0.4, 0.5) is 0 Å². The van der Waals surface area contributed by atoms with Gasteiger partial charge in [-0.15, -0.1) is 0 Å². The average molecular weight is 628 g/mol. The topological polar surface area (TPSA) is 134 Å². The van der Waals surface area contributed by atoms with Crippen molar-refractivity contribution in [2.45, 2.75) is 123 Å². The third-order valence-electron chi connectivity index (χ3n) is 6.26. The molecule has 2 unspecified atom stereocenters. The normalized spacial score (nSPS) is 14.2. The highest BCUT2D eigenvalue weighted by molar-refractivity contribution is 7.47. The fourth-order valence-corrected chi connectivity index (χ4v) is 4.64. The zero-order valence-corrected chi connectivity index (χ0v) is 27.6. The lowest BCUT2D eigenvalue weighted by Gasteiger charge is -2.19. The van der Waals surface area contributed by atoms with E-state index in [0.717, 1.165) is 51.4 Å². The third-order valence-corrected chi connectivity index (χ3v) is 7.24. The molecule has 43 heavy (non-hydrogen) atoms. The van der Waals surface area contributed by atoms with E-state index in [4.69, 9.17) is 24.3 Å². The summed E-state index contributed by atoms with van der Waals surface area (Å²) < 4.78 is 32.4. The predicted octanol–water partition coefficient (Wildman–Crippen LogP) is 8.04. The van der Waals surface area contributed by atoms with Gasteiger partial charge >= 0.3 is 19.8 Å². The highest BCUT2D eigenvalue weighted by Gasteiger charge is 2.25. The number of phosphoric acid groups is 1. The van der Waals surface area contributed by atoms with E-state index < -0.39 is 32.5 Å². The number of allylic oxidation sites excluding steroid dienone is 8. The number of unbranched alkanes of at least 4 members (excludes halogenated alkanes) is 10. The molecule has 0 aromatic carbocycles. The standard InChI is InChI=1S/C33H58NO8P/c1-3-5-7-9-11-13-14-15-16-18-20-22-24-26-33(36)42-31(30-41-43(37,38)40-28-27-34)29-39-32(35)25-23-21-19-17-12-10-8-6-4-2/h5,7,9,11,13-14,17,19,31H,3-4,6,8,10,12,15-16,18,20-30,34H2,1-2H3,(H,37,38)/b7-5+,11-9+,14-13+,19-17+. The first kappa shape index (κ1) is 41.0. The third kappa shape index (κ3) is 29.8. The van der Waals surface area contributed by atoms with Gasteiger partial charge < -0.3 is 20.1 Å². The van der Waals surface area contributed by atoms with Gasteiger partial charge in [0, 0.05) is 19.4 Å². The number of phosphoric ester groups is 1. The number of ether oxygens (including phenoxy) is 2. The number of nitrogens with two attached hydrogens (primary N) is 1. The molecule has 0 rings (SSSR count). The second-order valence-corrected chi connectivity index (χ2v) is 11.8. The summed E-state index contributed by atoms with van der Waals surface area (Å²) in [5.74, 6) is -0.903. The monoisotopic (exact) mass is 627 g/mol. The van der Waals surface area contributed by atoms with Gasteiger partial charge in [0.1, 0.15) is 6.61 Å². The van der Waals surface area contributed by atoms with Crippen molar-refractivity contribution >= 4 is 19.8 Å². The molecule has 0 saturated heterocycles. The Morgan fingerprint density at radius 3 is 2.02 bits per heavy atom. The molecule has 2 atom stereocenters. The van der Waals surface area contributed by atoms with Crippen molar-refractivity contribution in [1.29, 1.82) is 0 Å². The SMILES string of the molecule is CC/C=C/C=C/C=C/CCCCCCCC(=O)OC(COC(=O)CCC/C=C/CCCCCC)COP(=O)(O)OCCN. The molecule has 248 valence electrons. The van der Waals surface area contributed by atoms with E-state index in [9.17, 15) is 19.0 Å². The molecule has 0 aliphatic carbocycles. The Kier molecular flexibility index (Phi) is 28.6. The van der Waals surface area contributed by atoms with E-state index >= 15 is 0 Å². The number of esters is 2. The summed E-state index contributed by atoms with van der Waals surface area (Å²) in [7, 11) is -4.37. The molecule has 9 nitrogen and oxygen atoms in total. The van der Waals surface area contributed by atoms with Gasteiger partial charge in [-0.25, -0.2) is 4.57 Å². The van der Waals surface area contributed by atoms with E-state index in [0.29, 0.717) is 12.8 Å². The predicted molar refractivity (Wildman–Crippen MR) is 173 cm³/mol. The first-order valence-corrected chi connectivity index (χ1v) is 17.6. The highest BCUT2D eigenvalue weighted by atomic mass is 31.2. The molecule has 0 saturated carbocycles. The van der Waals surface area contributed by atoms with Crippen LogP contribution in [0.25, 0.3) is 0 Å². The Morgan fingerprint density at radius 2 is 1.33 bits per heavy atom. The molecular weight excluding hydrogens is 569 g/mol. The van der Waals surface area contributed by atoms with Crippen LogP contribution in [0, 0.1) is 0 Å². The maximum absolute atomic E-state index is 12.4. The average Bonchev–Trinajstić information content (AvgIpc) is 2.99. The Bertz CT molecular complexity index is 856. The fourth-order valence-electron chi connectivity index (χ4n) is 3.87. The van der Waals surface area contributed by atoms with Gasteiger partial charge in [0.05, 0.1) is 13.2 Å². The van der Waals surface area contributed by atoms with Crippen molar-refractivity contribution < 1.29 is 37.6 Å². The van der Waals surface area contributed by atoms with Gasteiger partial charge in [-0.05, 0) is 51.4 Å². The number of hydrogen-bond donors (Lipinski definition) is 2. The highest BCUT2D eigenvalue weighted by Crippen LogP contribution is 2.43. The lowest BCUT2D eigenvalue weighted by atomic mass is 10.1. The van der Waals surface area contributed by atoms with Crippen molar-refractivity contribution in [3.05, 3.63) is 48.6 Å². The molecule has 0 radical (unpaired) electrons. The molecular formula is C33H58NO8P. The summed E-state index contributed by atoms with van der Waals surface area (Å²) in [6, 6.07) is 0. The molecule has 0 heterocycles. The summed E-state index contributed by atoms with van der Waals surface area (Å²) in [4.78, 5) is 34.4. The Morgan fingerprint density at radius 1 is 0.721 bits per heavy atom. The van der Waals surface area contributed by atoms with E-state index in [2.05, 4.69) is 44.2 Å². The minimum Gasteiger partial charge on any atom is -0.462 e. The maximum atomic E-state index is 12.4. The van der Waals surface area contributed by atoms with Crippen LogP contribution in [0.5, 0.6) is 0 Å². The molecule has 0 amide bonds. The summed E-state index contributed by atoms with van der Waals surface area (Å²) >= 11 is 0. The largest absolute Gasteiger partial charge is 0.472 e. The summed E-state index contributed by atoms with van der Waals surface area (Å²) in [6.45, 7) is 3.45. The van der Waals surface area contributed by atoms with Gasteiger partial charge in [-0.2, -0.15) is 0 Å². The molecule has 0 fully saturated rings. The Labute approximate surface area is 260 Å². The second-order valence-electron chi connectivity index (χ2n) is 10.3. The number of hydrogen-bond acceptors (Lipinski definition) is 8. The van der Waals surface area contributed by atoms with Crippen molar-refractivity contribution in [3.8, 4) is 0 Å². The minimum atomic E-state index is -4.37. The van der Waals surface area contributed by atoms with Gasteiger partial charge in [0.2, 0.25) is 0 Å². The first-order chi connectivity index (χ1) is 20.8. The van der Waals surface area contributed by atoms with E-state index in [1.165, 1.54) is 25.7 Å². The molecule has 0 aliphatic rings. The molecule has 0 spiro atoms. The van der Waals surface area contributed by atoms with Crippen LogP contribution < -0.4 is 5.73 Å². The van der Waals surface area contributed by atoms with Crippen LogP contribution in [-0.2, 0) is 32.7 Å². The summed E-state index contributed by atoms with van der Waals surface area (Å²) in [5.41, 5.74) is 5.30. The molecule has 0 aliphatic heterocycles. The van der Waals surface area contributed by atoms with Gasteiger partial charge in [-0.1, -0.05) is 101 Å². The number of carbonyl (C=O) groups is 2. The van der Waals surface area contributed by atoms with E-state index in [1.807, 2.05) is 18.2 Å². The summed E-state index contributed by atoms with van der Waals surface area (Å²) in [5, 5.41) is 0. The lowest BCUT2D eigenvalue weighted by molar-refractivity contribution is -0.161. The molecule has 0 bridgehead atoms. The number of carbonyl (C=O) groups excluding carboxylic acids is 2. The summed E-state index contributed by atoms with van der Waals surface area (Å²) in [6.07, 6.45) is 30.2. The van der Waals surface area contributed by atoms with Gasteiger partial charge in [0.25, 0.3) is 0 Å². The minimum absolute atomic E-state index is 0.0446. The van der Waals surface area contributed by atoms with Gasteiger partial charge in [0.15, 0.2) is 6.10 Å². The van der Waals surface area contributed by atoms with Crippen molar-refractivity contribution in [2.75, 3.05) is 26.4 Å². The zero-order chi connectivity index (χ0) is 31.9. The van der Waals surface area contributed by atoms with Crippen LogP contribution >= 0.6 is 7.82 Å². The molecule has 10 heteroatoms. The van der Waals surface area contributed by atoms with Crippen LogP contribution in [0.2, 0.25) is 0 Å². The van der Waals surface area contributed by atoms with Crippen molar-refractivity contribution in [1.82, 2.24) is 0 Å². The molecule has 0 aromatic heterocycles. The second kappa shape index (κ2) is 30.0. The first-order valence-electron chi connectivity index (χ1n) is 16.1. The van der Waals surface area contributed by atoms with Crippen LogP contribution in [0.1, 0.15) is 117 Å². The Hall–Kier alpha value is -2.03. The zero-order valence-electron chi connectivity index (χ0n) is 26.7. The molecule has 3 N–H and O–H groups in total. The van der Waals surface area contributed by atoms with E-state index in [-0.39, 0.29) is 32.6 Å². The van der Waals surface area contributed by atoms with Crippen LogP contribution in [0.15, 0.2) is 48.6 Å².